The van der Waals surface area contributed by atoms with Crippen LogP contribution in [0.15, 0.2) is 84.9 Å². The van der Waals surface area contributed by atoms with E-state index in [1.54, 1.807) is 0 Å². The summed E-state index contributed by atoms with van der Waals surface area (Å²) in [6, 6.07) is 29.3. The number of rotatable bonds is 8. The van der Waals surface area contributed by atoms with E-state index in [-0.39, 0.29) is 24.4 Å². The van der Waals surface area contributed by atoms with Gasteiger partial charge in [-0.05, 0) is 77.7 Å². The molecule has 0 bridgehead atoms. The Labute approximate surface area is 224 Å². The van der Waals surface area contributed by atoms with Crippen LogP contribution in [0.3, 0.4) is 0 Å². The molecule has 37 heavy (non-hydrogen) atoms. The van der Waals surface area contributed by atoms with Crippen molar-refractivity contribution in [1.29, 1.82) is 0 Å². The fourth-order valence-electron chi connectivity index (χ4n) is 5.66. The van der Waals surface area contributed by atoms with Gasteiger partial charge in [-0.25, -0.2) is 4.79 Å². The lowest BCUT2D eigenvalue weighted by Crippen LogP contribution is -2.36. The van der Waals surface area contributed by atoms with Crippen LogP contribution >= 0.6 is 12.4 Å². The number of benzene rings is 4. The predicted molar refractivity (Wildman–Crippen MR) is 150 cm³/mol. The van der Waals surface area contributed by atoms with Gasteiger partial charge in [-0.3, -0.25) is 0 Å². The number of hydrogen-bond donors (Lipinski definition) is 2. The molecular formula is C32H32ClNO3. The summed E-state index contributed by atoms with van der Waals surface area (Å²) >= 11 is 0. The van der Waals surface area contributed by atoms with Crippen molar-refractivity contribution in [3.05, 3.63) is 113 Å². The molecule has 0 radical (unpaired) electrons. The van der Waals surface area contributed by atoms with Crippen molar-refractivity contribution in [2.75, 3.05) is 13.1 Å². The largest absolute Gasteiger partial charge is 0.489 e. The van der Waals surface area contributed by atoms with Gasteiger partial charge in [-0.2, -0.15) is 0 Å². The Kier molecular flexibility index (Phi) is 7.50. The van der Waals surface area contributed by atoms with E-state index >= 15 is 0 Å². The first-order valence-corrected chi connectivity index (χ1v) is 13.0. The van der Waals surface area contributed by atoms with Crippen LogP contribution in [0, 0.1) is 0 Å². The smallest absolute Gasteiger partial charge is 0.335 e. The molecule has 4 aromatic carbocycles. The second-order valence-corrected chi connectivity index (χ2v) is 10.1. The molecule has 6 rings (SSSR count). The maximum atomic E-state index is 12.0. The van der Waals surface area contributed by atoms with Crippen LogP contribution in [0.25, 0.3) is 10.8 Å². The number of carboxylic acid groups (broad SMARTS) is 1. The van der Waals surface area contributed by atoms with Crippen LogP contribution in [-0.2, 0) is 6.42 Å². The van der Waals surface area contributed by atoms with Crippen molar-refractivity contribution in [2.45, 2.75) is 43.6 Å². The summed E-state index contributed by atoms with van der Waals surface area (Å²) in [5.74, 6) is 0.598. The van der Waals surface area contributed by atoms with Crippen molar-refractivity contribution < 1.29 is 14.6 Å². The van der Waals surface area contributed by atoms with Crippen LogP contribution in [0.5, 0.6) is 5.75 Å². The number of halogens is 1. The normalized spacial score (nSPS) is 18.5. The summed E-state index contributed by atoms with van der Waals surface area (Å²) in [5.41, 5.74) is 5.00. The number of carbonyl (C=O) groups is 1. The van der Waals surface area contributed by atoms with E-state index in [4.69, 9.17) is 4.74 Å². The summed E-state index contributed by atoms with van der Waals surface area (Å²) in [6.45, 7) is 1.63. The minimum Gasteiger partial charge on any atom is -0.489 e. The van der Waals surface area contributed by atoms with E-state index in [9.17, 15) is 9.90 Å². The Balaban J connectivity index is 0.00000280. The fourth-order valence-corrected chi connectivity index (χ4v) is 5.66. The zero-order chi connectivity index (χ0) is 24.5. The lowest BCUT2D eigenvalue weighted by molar-refractivity contribution is 0.0695. The highest BCUT2D eigenvalue weighted by atomic mass is 35.5. The molecule has 2 N–H and O–H groups in total. The first kappa shape index (κ1) is 25.3. The van der Waals surface area contributed by atoms with Gasteiger partial charge >= 0.3 is 5.97 Å². The third kappa shape index (κ3) is 5.36. The van der Waals surface area contributed by atoms with E-state index < -0.39 is 5.97 Å². The first-order valence-electron chi connectivity index (χ1n) is 13.0. The highest BCUT2D eigenvalue weighted by Crippen LogP contribution is 2.44. The molecule has 1 aliphatic carbocycles. The van der Waals surface area contributed by atoms with Crippen molar-refractivity contribution in [3.8, 4) is 5.75 Å². The van der Waals surface area contributed by atoms with Gasteiger partial charge < -0.3 is 15.2 Å². The molecule has 1 saturated carbocycles. The van der Waals surface area contributed by atoms with E-state index in [0.29, 0.717) is 11.5 Å². The average Bonchev–Trinajstić information content (AvgIpc) is 3.76. The highest BCUT2D eigenvalue weighted by Gasteiger charge is 2.32. The second kappa shape index (κ2) is 11.0. The number of hydrogen-bond acceptors (Lipinski definition) is 3. The molecule has 1 fully saturated rings. The predicted octanol–water partition coefficient (Wildman–Crippen LogP) is 6.95. The molecule has 0 saturated heterocycles. The summed E-state index contributed by atoms with van der Waals surface area (Å²) in [5, 5.41) is 16.1. The van der Waals surface area contributed by atoms with Crippen LogP contribution < -0.4 is 10.1 Å². The van der Waals surface area contributed by atoms with Gasteiger partial charge in [-0.1, -0.05) is 72.8 Å². The molecule has 4 nitrogen and oxygen atoms in total. The molecule has 0 spiro atoms. The molecule has 4 aromatic rings. The number of ether oxygens (including phenoxy) is 1. The van der Waals surface area contributed by atoms with E-state index in [1.807, 2.05) is 30.3 Å². The zero-order valence-electron chi connectivity index (χ0n) is 20.7. The zero-order valence-corrected chi connectivity index (χ0v) is 21.5. The lowest BCUT2D eigenvalue weighted by atomic mass is 9.82. The molecular weight excluding hydrogens is 482 g/mol. The van der Waals surface area contributed by atoms with Crippen LogP contribution in [0.2, 0.25) is 0 Å². The van der Waals surface area contributed by atoms with Gasteiger partial charge in [0.15, 0.2) is 0 Å². The topological polar surface area (TPSA) is 58.6 Å². The van der Waals surface area contributed by atoms with Crippen molar-refractivity contribution in [2.24, 2.45) is 0 Å². The van der Waals surface area contributed by atoms with E-state index in [1.165, 1.54) is 16.3 Å². The molecule has 2 aliphatic rings. The SMILES string of the molecule is Cl.O=C(O)c1cc([C@H]2C[C@H](CNCCc3cccc4ccccc34)Oc3ccccc32)ccc1C1CC1. The Morgan fingerprint density at radius 2 is 1.70 bits per heavy atom. The van der Waals surface area contributed by atoms with E-state index in [0.717, 1.165) is 61.2 Å². The quantitative estimate of drug-likeness (QED) is 0.250. The Hall–Kier alpha value is -3.34. The van der Waals surface area contributed by atoms with Crippen LogP contribution in [-0.4, -0.2) is 30.3 Å². The van der Waals surface area contributed by atoms with Gasteiger partial charge in [0, 0.05) is 18.0 Å². The number of para-hydroxylation sites is 1. The molecule has 1 heterocycles. The summed E-state index contributed by atoms with van der Waals surface area (Å²) in [6.07, 6.45) is 3.98. The molecule has 1 aliphatic heterocycles. The standard InChI is InChI=1S/C32H31NO3.ClH/c34-32(35)30-18-24(14-15-27(30)23-12-13-23)29-19-25(36-31-11-4-3-10-28(29)31)20-33-17-16-22-8-5-7-21-6-1-2-9-26(21)22;/h1-11,14-15,18,23,25,29,33H,12-13,16-17,19-20H2,(H,34,35);1H/t25-,29-;/m1./s1. The van der Waals surface area contributed by atoms with E-state index in [2.05, 4.69) is 59.9 Å². The number of nitrogens with one attached hydrogen (secondary N) is 1. The third-order valence-corrected chi connectivity index (χ3v) is 7.64. The monoisotopic (exact) mass is 513 g/mol. The van der Waals surface area contributed by atoms with Crippen LogP contribution in [0.1, 0.15) is 63.7 Å². The highest BCUT2D eigenvalue weighted by molar-refractivity contribution is 5.90. The van der Waals surface area contributed by atoms with Crippen molar-refractivity contribution in [3.63, 3.8) is 0 Å². The molecule has 0 amide bonds. The fraction of sp³-hybridized carbons (Fsp3) is 0.281. The number of carboxylic acids is 1. The summed E-state index contributed by atoms with van der Waals surface area (Å²) < 4.78 is 6.38. The Bertz CT molecular complexity index is 1410. The van der Waals surface area contributed by atoms with Gasteiger partial charge in [0.1, 0.15) is 11.9 Å². The van der Waals surface area contributed by atoms with Gasteiger partial charge in [0.05, 0.1) is 5.56 Å². The van der Waals surface area contributed by atoms with Crippen molar-refractivity contribution >= 4 is 29.1 Å². The minimum atomic E-state index is -0.828. The molecule has 0 unspecified atom stereocenters. The summed E-state index contributed by atoms with van der Waals surface area (Å²) in [7, 11) is 0. The maximum absolute atomic E-state index is 12.0. The second-order valence-electron chi connectivity index (χ2n) is 10.1. The number of fused-ring (bicyclic) bond motifs is 2. The van der Waals surface area contributed by atoms with Gasteiger partial charge in [0.2, 0.25) is 0 Å². The van der Waals surface area contributed by atoms with Gasteiger partial charge in [0.25, 0.3) is 0 Å². The Morgan fingerprint density at radius 3 is 2.54 bits per heavy atom. The number of aromatic carboxylic acids is 1. The molecule has 190 valence electrons. The van der Waals surface area contributed by atoms with Gasteiger partial charge in [-0.15, -0.1) is 12.4 Å². The maximum Gasteiger partial charge on any atom is 0.335 e. The first-order chi connectivity index (χ1) is 17.7. The molecule has 2 atom stereocenters. The van der Waals surface area contributed by atoms with Crippen LogP contribution in [0.4, 0.5) is 0 Å². The lowest BCUT2D eigenvalue weighted by Gasteiger charge is -2.33. The third-order valence-electron chi connectivity index (χ3n) is 7.64. The molecule has 5 heteroatoms. The average molecular weight is 514 g/mol. The Morgan fingerprint density at radius 1 is 0.919 bits per heavy atom. The van der Waals surface area contributed by atoms with Crippen molar-refractivity contribution in [1.82, 2.24) is 5.32 Å². The minimum absolute atomic E-state index is 0. The molecule has 0 aromatic heterocycles. The summed E-state index contributed by atoms with van der Waals surface area (Å²) in [4.78, 5) is 12.0.